The average molecular weight is 321 g/mol. The van der Waals surface area contributed by atoms with Gasteiger partial charge in [0.25, 0.3) is 0 Å². The quantitative estimate of drug-likeness (QED) is 0.925. The standard InChI is InChI=1S/C16H23N3O2S/c1-10-9-13(10)16(21)19-6-3-12(4-7-19)14(18-11(2)20)15-17-5-8-22-15/h5,8,10,12-14H,3-4,6-7,9H2,1-2H3,(H,18,20)/t10-,13+,14-/m0/s1. The van der Waals surface area contributed by atoms with Crippen molar-refractivity contribution in [3.63, 3.8) is 0 Å². The predicted octanol–water partition coefficient (Wildman–Crippen LogP) is 2.21. The molecule has 2 fully saturated rings. The van der Waals surface area contributed by atoms with E-state index in [1.807, 2.05) is 10.3 Å². The van der Waals surface area contributed by atoms with Gasteiger partial charge in [-0.15, -0.1) is 11.3 Å². The lowest BCUT2D eigenvalue weighted by atomic mass is 9.89. The minimum Gasteiger partial charge on any atom is -0.347 e. The van der Waals surface area contributed by atoms with E-state index in [0.717, 1.165) is 37.4 Å². The van der Waals surface area contributed by atoms with Crippen molar-refractivity contribution in [2.75, 3.05) is 13.1 Å². The number of carbonyl (C=O) groups excluding carboxylic acids is 2. The van der Waals surface area contributed by atoms with Crippen LogP contribution >= 0.6 is 11.3 Å². The molecule has 1 aliphatic heterocycles. The Morgan fingerprint density at radius 2 is 2.09 bits per heavy atom. The van der Waals surface area contributed by atoms with Crippen molar-refractivity contribution in [3.05, 3.63) is 16.6 Å². The van der Waals surface area contributed by atoms with Crippen molar-refractivity contribution >= 4 is 23.2 Å². The molecule has 0 aromatic carbocycles. The molecule has 1 aromatic heterocycles. The molecule has 120 valence electrons. The Kier molecular flexibility index (Phi) is 4.47. The molecule has 3 rings (SSSR count). The molecular formula is C16H23N3O2S. The summed E-state index contributed by atoms with van der Waals surface area (Å²) in [7, 11) is 0. The van der Waals surface area contributed by atoms with Crippen LogP contribution in [0.25, 0.3) is 0 Å². The highest BCUT2D eigenvalue weighted by atomic mass is 32.1. The molecule has 6 heteroatoms. The summed E-state index contributed by atoms with van der Waals surface area (Å²) in [5, 5.41) is 5.95. The van der Waals surface area contributed by atoms with Gasteiger partial charge < -0.3 is 10.2 Å². The van der Waals surface area contributed by atoms with Crippen LogP contribution in [-0.4, -0.2) is 34.8 Å². The molecule has 5 nitrogen and oxygen atoms in total. The van der Waals surface area contributed by atoms with Crippen LogP contribution in [0.15, 0.2) is 11.6 Å². The number of aromatic nitrogens is 1. The van der Waals surface area contributed by atoms with Crippen LogP contribution < -0.4 is 5.32 Å². The second-order valence-corrected chi connectivity index (χ2v) is 7.46. The smallest absolute Gasteiger partial charge is 0.225 e. The molecule has 0 unspecified atom stereocenters. The Balaban J connectivity index is 1.60. The number of amides is 2. The normalized spacial score (nSPS) is 26.5. The van der Waals surface area contributed by atoms with Gasteiger partial charge in [0.2, 0.25) is 11.8 Å². The summed E-state index contributed by atoms with van der Waals surface area (Å²) in [4.78, 5) is 30.2. The summed E-state index contributed by atoms with van der Waals surface area (Å²) in [6.45, 7) is 5.29. The first kappa shape index (κ1) is 15.5. The Bertz CT molecular complexity index is 538. The lowest BCUT2D eigenvalue weighted by Gasteiger charge is -2.35. The van der Waals surface area contributed by atoms with Crippen LogP contribution in [0.3, 0.4) is 0 Å². The van der Waals surface area contributed by atoms with E-state index in [2.05, 4.69) is 17.2 Å². The summed E-state index contributed by atoms with van der Waals surface area (Å²) >= 11 is 1.58. The highest BCUT2D eigenvalue weighted by molar-refractivity contribution is 7.09. The fraction of sp³-hybridized carbons (Fsp3) is 0.688. The SMILES string of the molecule is CC(=O)N[C@H](c1nccs1)C1CCN(C(=O)[C@@H]2C[C@@H]2C)CC1. The summed E-state index contributed by atoms with van der Waals surface area (Å²) in [6.07, 6.45) is 4.68. The first-order valence-corrected chi connectivity index (χ1v) is 8.89. The number of hydrogen-bond donors (Lipinski definition) is 1. The summed E-state index contributed by atoms with van der Waals surface area (Å²) < 4.78 is 0. The molecule has 22 heavy (non-hydrogen) atoms. The average Bonchev–Trinajstić information content (AvgIpc) is 3.01. The van der Waals surface area contributed by atoms with E-state index in [1.165, 1.54) is 0 Å². The van der Waals surface area contributed by atoms with Crippen molar-refractivity contribution in [3.8, 4) is 0 Å². The fourth-order valence-corrected chi connectivity index (χ4v) is 4.12. The monoisotopic (exact) mass is 321 g/mol. The Morgan fingerprint density at radius 1 is 1.41 bits per heavy atom. The highest BCUT2D eigenvalue weighted by Gasteiger charge is 2.42. The first-order chi connectivity index (χ1) is 10.6. The number of nitrogens with zero attached hydrogens (tertiary/aromatic N) is 2. The van der Waals surface area contributed by atoms with E-state index in [0.29, 0.717) is 17.7 Å². The fourth-order valence-electron chi connectivity index (χ4n) is 3.34. The number of likely N-dealkylation sites (tertiary alicyclic amines) is 1. The molecule has 2 aliphatic rings. The molecule has 0 bridgehead atoms. The molecule has 0 spiro atoms. The second kappa shape index (κ2) is 6.36. The molecule has 2 heterocycles. The second-order valence-electron chi connectivity index (χ2n) is 6.53. The zero-order chi connectivity index (χ0) is 15.7. The maximum absolute atomic E-state index is 12.3. The van der Waals surface area contributed by atoms with Crippen LogP contribution in [0.1, 0.15) is 44.2 Å². The van der Waals surface area contributed by atoms with Crippen molar-refractivity contribution in [1.82, 2.24) is 15.2 Å². The maximum atomic E-state index is 12.3. The Morgan fingerprint density at radius 3 is 2.59 bits per heavy atom. The van der Waals surface area contributed by atoms with Gasteiger partial charge >= 0.3 is 0 Å². The molecule has 2 amide bonds. The number of thiazole rings is 1. The zero-order valence-electron chi connectivity index (χ0n) is 13.1. The van der Waals surface area contributed by atoms with Crippen molar-refractivity contribution in [2.45, 2.75) is 39.2 Å². The third-order valence-corrected chi connectivity index (χ3v) is 5.68. The van der Waals surface area contributed by atoms with Gasteiger partial charge in [-0.3, -0.25) is 9.59 Å². The number of carbonyl (C=O) groups is 2. The van der Waals surface area contributed by atoms with Gasteiger partial charge in [-0.2, -0.15) is 0 Å². The topological polar surface area (TPSA) is 62.3 Å². The van der Waals surface area contributed by atoms with Gasteiger partial charge in [-0.05, 0) is 31.1 Å². The van der Waals surface area contributed by atoms with E-state index in [-0.39, 0.29) is 17.9 Å². The molecular weight excluding hydrogens is 298 g/mol. The van der Waals surface area contributed by atoms with Gasteiger partial charge in [-0.1, -0.05) is 6.92 Å². The highest BCUT2D eigenvalue weighted by Crippen LogP contribution is 2.40. The molecule has 1 N–H and O–H groups in total. The number of rotatable bonds is 4. The van der Waals surface area contributed by atoms with Crippen molar-refractivity contribution in [2.24, 2.45) is 17.8 Å². The van der Waals surface area contributed by atoms with Gasteiger partial charge in [0.05, 0.1) is 6.04 Å². The van der Waals surface area contributed by atoms with Crippen molar-refractivity contribution in [1.29, 1.82) is 0 Å². The molecule has 1 saturated carbocycles. The van der Waals surface area contributed by atoms with Crippen LogP contribution in [0.4, 0.5) is 0 Å². The predicted molar refractivity (Wildman–Crippen MR) is 85.2 cm³/mol. The number of nitrogens with one attached hydrogen (secondary N) is 1. The van der Waals surface area contributed by atoms with Gasteiger partial charge in [-0.25, -0.2) is 4.98 Å². The Labute approximate surface area is 135 Å². The maximum Gasteiger partial charge on any atom is 0.225 e. The first-order valence-electron chi connectivity index (χ1n) is 8.01. The minimum atomic E-state index is -0.0227. The summed E-state index contributed by atoms with van der Waals surface area (Å²) in [6, 6.07) is -0.0189. The van der Waals surface area contributed by atoms with E-state index >= 15 is 0 Å². The van der Waals surface area contributed by atoms with Crippen LogP contribution in [-0.2, 0) is 9.59 Å². The van der Waals surface area contributed by atoms with E-state index in [4.69, 9.17) is 0 Å². The summed E-state index contributed by atoms with van der Waals surface area (Å²) in [5.41, 5.74) is 0. The number of piperidine rings is 1. The minimum absolute atomic E-state index is 0.0189. The third-order valence-electron chi connectivity index (χ3n) is 4.83. The molecule has 1 aromatic rings. The molecule has 1 aliphatic carbocycles. The molecule has 3 atom stereocenters. The largest absolute Gasteiger partial charge is 0.347 e. The lowest BCUT2D eigenvalue weighted by molar-refractivity contribution is -0.134. The van der Waals surface area contributed by atoms with Crippen molar-refractivity contribution < 1.29 is 9.59 Å². The zero-order valence-corrected chi connectivity index (χ0v) is 13.9. The van der Waals surface area contributed by atoms with Crippen LogP contribution in [0.5, 0.6) is 0 Å². The number of hydrogen-bond acceptors (Lipinski definition) is 4. The molecule has 1 saturated heterocycles. The van der Waals surface area contributed by atoms with E-state index in [9.17, 15) is 9.59 Å². The Hall–Kier alpha value is -1.43. The lowest BCUT2D eigenvalue weighted by Crippen LogP contribution is -2.43. The molecule has 0 radical (unpaired) electrons. The third kappa shape index (κ3) is 3.32. The van der Waals surface area contributed by atoms with Crippen LogP contribution in [0, 0.1) is 17.8 Å². The van der Waals surface area contributed by atoms with Crippen LogP contribution in [0.2, 0.25) is 0 Å². The van der Waals surface area contributed by atoms with E-state index < -0.39 is 0 Å². The van der Waals surface area contributed by atoms with Gasteiger partial charge in [0, 0.05) is 37.5 Å². The van der Waals surface area contributed by atoms with Gasteiger partial charge in [0.15, 0.2) is 0 Å². The van der Waals surface area contributed by atoms with E-state index in [1.54, 1.807) is 24.5 Å². The summed E-state index contributed by atoms with van der Waals surface area (Å²) in [5.74, 6) is 1.49. The van der Waals surface area contributed by atoms with Gasteiger partial charge in [0.1, 0.15) is 5.01 Å².